The number of nitrogens with one attached hydrogen (secondary N) is 2. The van der Waals surface area contributed by atoms with Crippen molar-refractivity contribution in [3.8, 4) is 0 Å². The Morgan fingerprint density at radius 1 is 1.12 bits per heavy atom. The maximum absolute atomic E-state index is 4.35. The minimum Gasteiger partial charge on any atom is -0.356 e. The fourth-order valence-corrected chi connectivity index (χ4v) is 3.20. The SMILES string of the molecule is CN=C(NCCCc1ccccc1)NCc1nnc2n1CCCCC2. The molecule has 2 aromatic rings. The van der Waals surface area contributed by atoms with Crippen molar-refractivity contribution in [1.82, 2.24) is 25.4 Å². The van der Waals surface area contributed by atoms with Crippen LogP contribution in [0.25, 0.3) is 0 Å². The molecule has 6 nitrogen and oxygen atoms in total. The molecule has 0 aliphatic carbocycles. The predicted molar refractivity (Wildman–Crippen MR) is 101 cm³/mol. The Morgan fingerprint density at radius 3 is 2.84 bits per heavy atom. The number of benzene rings is 1. The van der Waals surface area contributed by atoms with Gasteiger partial charge in [-0.3, -0.25) is 4.99 Å². The first-order chi connectivity index (χ1) is 12.4. The number of hydrogen-bond acceptors (Lipinski definition) is 3. The molecule has 25 heavy (non-hydrogen) atoms. The van der Waals surface area contributed by atoms with Crippen molar-refractivity contribution in [2.75, 3.05) is 13.6 Å². The van der Waals surface area contributed by atoms with Crippen LogP contribution >= 0.6 is 0 Å². The molecule has 1 aromatic carbocycles. The molecule has 134 valence electrons. The second kappa shape index (κ2) is 9.20. The highest BCUT2D eigenvalue weighted by atomic mass is 15.3. The van der Waals surface area contributed by atoms with Gasteiger partial charge in [0.1, 0.15) is 5.82 Å². The molecule has 0 unspecified atom stereocenters. The van der Waals surface area contributed by atoms with Crippen LogP contribution in [0.5, 0.6) is 0 Å². The van der Waals surface area contributed by atoms with Gasteiger partial charge < -0.3 is 15.2 Å². The summed E-state index contributed by atoms with van der Waals surface area (Å²) < 4.78 is 2.27. The number of aromatic nitrogens is 3. The molecule has 0 radical (unpaired) electrons. The van der Waals surface area contributed by atoms with Gasteiger partial charge in [-0.1, -0.05) is 36.8 Å². The average Bonchev–Trinajstić information content (AvgIpc) is 2.88. The van der Waals surface area contributed by atoms with E-state index in [4.69, 9.17) is 0 Å². The van der Waals surface area contributed by atoms with Crippen LogP contribution in [-0.2, 0) is 25.9 Å². The summed E-state index contributed by atoms with van der Waals surface area (Å²) >= 11 is 0. The van der Waals surface area contributed by atoms with Crippen LogP contribution in [0.15, 0.2) is 35.3 Å². The van der Waals surface area contributed by atoms with Crippen LogP contribution in [0.2, 0.25) is 0 Å². The maximum Gasteiger partial charge on any atom is 0.191 e. The zero-order valence-electron chi connectivity index (χ0n) is 15.0. The smallest absolute Gasteiger partial charge is 0.191 e. The number of nitrogens with zero attached hydrogens (tertiary/aromatic N) is 4. The van der Waals surface area contributed by atoms with Crippen molar-refractivity contribution in [3.05, 3.63) is 47.5 Å². The van der Waals surface area contributed by atoms with E-state index in [1.54, 1.807) is 7.05 Å². The summed E-state index contributed by atoms with van der Waals surface area (Å²) in [4.78, 5) is 4.30. The Morgan fingerprint density at radius 2 is 2.00 bits per heavy atom. The van der Waals surface area contributed by atoms with E-state index in [0.29, 0.717) is 6.54 Å². The molecular formula is C19H28N6. The summed E-state index contributed by atoms with van der Waals surface area (Å²) in [7, 11) is 1.80. The van der Waals surface area contributed by atoms with Crippen molar-refractivity contribution in [2.24, 2.45) is 4.99 Å². The molecule has 0 saturated heterocycles. The van der Waals surface area contributed by atoms with Crippen LogP contribution < -0.4 is 10.6 Å². The van der Waals surface area contributed by atoms with Gasteiger partial charge >= 0.3 is 0 Å². The lowest BCUT2D eigenvalue weighted by atomic mass is 10.1. The Balaban J connectivity index is 1.43. The highest BCUT2D eigenvalue weighted by molar-refractivity contribution is 5.79. The van der Waals surface area contributed by atoms with Gasteiger partial charge in [-0.05, 0) is 31.2 Å². The van der Waals surface area contributed by atoms with E-state index in [1.165, 1.54) is 24.8 Å². The molecule has 0 bridgehead atoms. The normalized spacial score (nSPS) is 14.7. The van der Waals surface area contributed by atoms with Gasteiger partial charge in [0.15, 0.2) is 11.8 Å². The first kappa shape index (κ1) is 17.5. The average molecular weight is 340 g/mol. The van der Waals surface area contributed by atoms with Crippen molar-refractivity contribution in [2.45, 2.75) is 51.6 Å². The topological polar surface area (TPSA) is 67.1 Å². The van der Waals surface area contributed by atoms with E-state index < -0.39 is 0 Å². The van der Waals surface area contributed by atoms with Gasteiger partial charge in [0.2, 0.25) is 0 Å². The van der Waals surface area contributed by atoms with Gasteiger partial charge in [-0.2, -0.15) is 0 Å². The lowest BCUT2D eigenvalue weighted by molar-refractivity contribution is 0.596. The zero-order chi connectivity index (χ0) is 17.3. The molecule has 2 heterocycles. The number of fused-ring (bicyclic) bond motifs is 1. The molecule has 0 atom stereocenters. The third kappa shape index (κ3) is 5.05. The van der Waals surface area contributed by atoms with Crippen LogP contribution in [0.3, 0.4) is 0 Å². The van der Waals surface area contributed by atoms with E-state index in [2.05, 4.69) is 60.7 Å². The van der Waals surface area contributed by atoms with Crippen molar-refractivity contribution >= 4 is 5.96 Å². The first-order valence-electron chi connectivity index (χ1n) is 9.26. The molecule has 6 heteroatoms. The molecule has 1 aromatic heterocycles. The molecular weight excluding hydrogens is 312 g/mol. The van der Waals surface area contributed by atoms with Gasteiger partial charge in [-0.15, -0.1) is 10.2 Å². The number of guanidine groups is 1. The van der Waals surface area contributed by atoms with E-state index in [-0.39, 0.29) is 0 Å². The van der Waals surface area contributed by atoms with Crippen LogP contribution in [0, 0.1) is 0 Å². The zero-order valence-corrected chi connectivity index (χ0v) is 15.0. The number of rotatable bonds is 6. The minimum absolute atomic E-state index is 0.658. The van der Waals surface area contributed by atoms with E-state index >= 15 is 0 Å². The van der Waals surface area contributed by atoms with Gasteiger partial charge in [0.25, 0.3) is 0 Å². The molecule has 0 spiro atoms. The lowest BCUT2D eigenvalue weighted by Gasteiger charge is -2.12. The molecule has 3 rings (SSSR count). The number of hydrogen-bond donors (Lipinski definition) is 2. The van der Waals surface area contributed by atoms with Gasteiger partial charge in [0, 0.05) is 26.6 Å². The monoisotopic (exact) mass is 340 g/mol. The maximum atomic E-state index is 4.35. The molecule has 2 N–H and O–H groups in total. The van der Waals surface area contributed by atoms with Crippen LogP contribution in [-0.4, -0.2) is 34.3 Å². The van der Waals surface area contributed by atoms with E-state index in [9.17, 15) is 0 Å². The lowest BCUT2D eigenvalue weighted by Crippen LogP contribution is -2.38. The molecule has 0 amide bonds. The third-order valence-corrected chi connectivity index (χ3v) is 4.60. The van der Waals surface area contributed by atoms with Crippen molar-refractivity contribution in [1.29, 1.82) is 0 Å². The fourth-order valence-electron chi connectivity index (χ4n) is 3.20. The van der Waals surface area contributed by atoms with Crippen molar-refractivity contribution in [3.63, 3.8) is 0 Å². The summed E-state index contributed by atoms with van der Waals surface area (Å²) in [5, 5.41) is 15.4. The van der Waals surface area contributed by atoms with Crippen molar-refractivity contribution < 1.29 is 0 Å². The van der Waals surface area contributed by atoms with Crippen LogP contribution in [0.1, 0.15) is 42.9 Å². The number of aliphatic imine (C=N–C) groups is 1. The first-order valence-corrected chi connectivity index (χ1v) is 9.26. The van der Waals surface area contributed by atoms with E-state index in [0.717, 1.165) is 50.0 Å². The van der Waals surface area contributed by atoms with E-state index in [1.807, 2.05) is 0 Å². The highest BCUT2D eigenvalue weighted by Gasteiger charge is 2.14. The Bertz CT molecular complexity index is 676. The summed E-state index contributed by atoms with van der Waals surface area (Å²) in [6.45, 7) is 2.58. The third-order valence-electron chi connectivity index (χ3n) is 4.60. The summed E-state index contributed by atoms with van der Waals surface area (Å²) in [6, 6.07) is 10.6. The fraction of sp³-hybridized carbons (Fsp3) is 0.526. The Kier molecular flexibility index (Phi) is 6.42. The molecule has 1 aliphatic heterocycles. The van der Waals surface area contributed by atoms with Crippen LogP contribution in [0.4, 0.5) is 0 Å². The predicted octanol–water partition coefficient (Wildman–Crippen LogP) is 2.30. The Hall–Kier alpha value is -2.37. The van der Waals surface area contributed by atoms with Gasteiger partial charge in [-0.25, -0.2) is 0 Å². The molecule has 1 aliphatic rings. The summed E-state index contributed by atoms with van der Waals surface area (Å²) in [6.07, 6.45) is 6.90. The minimum atomic E-state index is 0.658. The quantitative estimate of drug-likeness (QED) is 0.481. The highest BCUT2D eigenvalue weighted by Crippen LogP contribution is 2.14. The van der Waals surface area contributed by atoms with Gasteiger partial charge in [0.05, 0.1) is 6.54 Å². The largest absolute Gasteiger partial charge is 0.356 e. The second-order valence-electron chi connectivity index (χ2n) is 6.44. The second-order valence-corrected chi connectivity index (χ2v) is 6.44. The number of aryl methyl sites for hydroxylation is 2. The Labute approximate surface area is 149 Å². The summed E-state index contributed by atoms with van der Waals surface area (Å²) in [5.41, 5.74) is 1.37. The standard InChI is InChI=1S/C19H28N6/c1-20-19(21-13-8-11-16-9-4-2-5-10-16)22-15-18-24-23-17-12-6-3-7-14-25(17)18/h2,4-5,9-10H,3,6-8,11-15H2,1H3,(H2,20,21,22). The summed E-state index contributed by atoms with van der Waals surface area (Å²) in [5.74, 6) is 2.95. The molecule has 0 fully saturated rings. The molecule has 0 saturated carbocycles.